The molecule has 3 N–H and O–H groups in total. The summed E-state index contributed by atoms with van der Waals surface area (Å²) < 4.78 is 0. The van der Waals surface area contributed by atoms with E-state index in [-0.39, 0.29) is 0 Å². The number of nitrogens with zero attached hydrogens (tertiary/aromatic N) is 1. The molecule has 2 aromatic rings. The Morgan fingerprint density at radius 2 is 2.06 bits per heavy atom. The fourth-order valence-corrected chi connectivity index (χ4v) is 1.57. The normalized spacial score (nSPS) is 10.1. The third-order valence-electron chi connectivity index (χ3n) is 2.44. The summed E-state index contributed by atoms with van der Waals surface area (Å²) in [5.41, 5.74) is 9.83. The first-order valence-corrected chi connectivity index (χ1v) is 5.24. The zero-order valence-electron chi connectivity index (χ0n) is 9.27. The van der Waals surface area contributed by atoms with E-state index in [1.165, 1.54) is 5.56 Å². The molecular formula is C13H15N3. The minimum Gasteiger partial charge on any atom is -0.397 e. The third-order valence-corrected chi connectivity index (χ3v) is 2.44. The molecule has 0 aliphatic heterocycles. The largest absolute Gasteiger partial charge is 0.397 e. The van der Waals surface area contributed by atoms with E-state index in [0.717, 1.165) is 17.8 Å². The quantitative estimate of drug-likeness (QED) is 0.824. The average molecular weight is 213 g/mol. The first-order valence-electron chi connectivity index (χ1n) is 5.24. The van der Waals surface area contributed by atoms with Crippen molar-refractivity contribution in [3.63, 3.8) is 0 Å². The van der Waals surface area contributed by atoms with Crippen molar-refractivity contribution in [3.8, 4) is 0 Å². The van der Waals surface area contributed by atoms with Crippen LogP contribution in [0.25, 0.3) is 0 Å². The molecule has 82 valence electrons. The monoisotopic (exact) mass is 213 g/mol. The number of nitrogen functional groups attached to an aromatic ring is 1. The van der Waals surface area contributed by atoms with Crippen molar-refractivity contribution in [1.29, 1.82) is 0 Å². The summed E-state index contributed by atoms with van der Waals surface area (Å²) in [6, 6.07) is 10.1. The molecule has 0 amide bonds. The predicted octanol–water partition coefficient (Wildman–Crippen LogP) is 2.58. The molecule has 3 heteroatoms. The highest BCUT2D eigenvalue weighted by Crippen LogP contribution is 2.14. The van der Waals surface area contributed by atoms with Crippen molar-refractivity contribution in [2.75, 3.05) is 11.1 Å². The molecule has 1 heterocycles. The average Bonchev–Trinajstić information content (AvgIpc) is 2.28. The number of benzene rings is 1. The van der Waals surface area contributed by atoms with Crippen molar-refractivity contribution in [1.82, 2.24) is 4.98 Å². The summed E-state index contributed by atoms with van der Waals surface area (Å²) in [5.74, 6) is 0. The van der Waals surface area contributed by atoms with Crippen LogP contribution in [0.1, 0.15) is 11.1 Å². The highest BCUT2D eigenvalue weighted by molar-refractivity contribution is 5.50. The lowest BCUT2D eigenvalue weighted by molar-refractivity contribution is 1.11. The first-order chi connectivity index (χ1) is 7.75. The Hall–Kier alpha value is -2.03. The van der Waals surface area contributed by atoms with Crippen LogP contribution in [0.3, 0.4) is 0 Å². The molecule has 0 fully saturated rings. The van der Waals surface area contributed by atoms with Crippen LogP contribution in [0.2, 0.25) is 0 Å². The van der Waals surface area contributed by atoms with E-state index in [9.17, 15) is 0 Å². The fraction of sp³-hybridized carbons (Fsp3) is 0.154. The molecule has 0 aliphatic carbocycles. The van der Waals surface area contributed by atoms with Gasteiger partial charge in [-0.25, -0.2) is 0 Å². The van der Waals surface area contributed by atoms with Gasteiger partial charge < -0.3 is 11.1 Å². The number of aromatic nitrogens is 1. The van der Waals surface area contributed by atoms with Crippen LogP contribution >= 0.6 is 0 Å². The number of para-hydroxylation sites is 1. The molecule has 0 saturated heterocycles. The van der Waals surface area contributed by atoms with Crippen molar-refractivity contribution in [2.24, 2.45) is 0 Å². The maximum Gasteiger partial charge on any atom is 0.0504 e. The highest BCUT2D eigenvalue weighted by Gasteiger charge is 1.97. The van der Waals surface area contributed by atoms with E-state index >= 15 is 0 Å². The lowest BCUT2D eigenvalue weighted by Crippen LogP contribution is -2.02. The summed E-state index contributed by atoms with van der Waals surface area (Å²) in [6.07, 6.45) is 3.47. The first kappa shape index (κ1) is 10.5. The van der Waals surface area contributed by atoms with Crippen LogP contribution in [-0.4, -0.2) is 4.98 Å². The summed E-state index contributed by atoms with van der Waals surface area (Å²) >= 11 is 0. The molecule has 2 rings (SSSR count). The second kappa shape index (κ2) is 4.66. The summed E-state index contributed by atoms with van der Waals surface area (Å²) in [5, 5.41) is 3.36. The molecule has 0 atom stereocenters. The van der Waals surface area contributed by atoms with E-state index in [1.807, 2.05) is 24.4 Å². The summed E-state index contributed by atoms with van der Waals surface area (Å²) in [6.45, 7) is 2.82. The second-order valence-electron chi connectivity index (χ2n) is 3.79. The molecule has 1 aromatic heterocycles. The number of nitrogens with two attached hydrogens (primary N) is 1. The number of hydrogen-bond acceptors (Lipinski definition) is 3. The van der Waals surface area contributed by atoms with E-state index in [1.54, 1.807) is 6.20 Å². The van der Waals surface area contributed by atoms with Gasteiger partial charge in [0.2, 0.25) is 0 Å². The minimum atomic E-state index is 0.698. The Kier molecular flexibility index (Phi) is 3.05. The van der Waals surface area contributed by atoms with Crippen molar-refractivity contribution in [2.45, 2.75) is 13.5 Å². The summed E-state index contributed by atoms with van der Waals surface area (Å²) in [7, 11) is 0. The zero-order valence-corrected chi connectivity index (χ0v) is 9.27. The van der Waals surface area contributed by atoms with Crippen molar-refractivity contribution < 1.29 is 0 Å². The highest BCUT2D eigenvalue weighted by atomic mass is 14.9. The Morgan fingerprint density at radius 3 is 2.81 bits per heavy atom. The van der Waals surface area contributed by atoms with Gasteiger partial charge in [0, 0.05) is 24.6 Å². The Bertz CT molecular complexity index is 480. The predicted molar refractivity (Wildman–Crippen MR) is 67.2 cm³/mol. The van der Waals surface area contributed by atoms with Crippen LogP contribution in [0.4, 0.5) is 11.4 Å². The van der Waals surface area contributed by atoms with Gasteiger partial charge in [-0.2, -0.15) is 0 Å². The molecule has 0 bridgehead atoms. The van der Waals surface area contributed by atoms with Gasteiger partial charge in [-0.3, -0.25) is 4.98 Å². The minimum absolute atomic E-state index is 0.698. The van der Waals surface area contributed by atoms with Crippen LogP contribution < -0.4 is 11.1 Å². The number of rotatable bonds is 3. The van der Waals surface area contributed by atoms with Gasteiger partial charge in [-0.15, -0.1) is 0 Å². The lowest BCUT2D eigenvalue weighted by atomic mass is 10.2. The molecule has 0 radical (unpaired) electrons. The van der Waals surface area contributed by atoms with E-state index in [0.29, 0.717) is 5.69 Å². The van der Waals surface area contributed by atoms with Crippen LogP contribution in [-0.2, 0) is 6.54 Å². The fourth-order valence-electron chi connectivity index (χ4n) is 1.57. The molecule has 16 heavy (non-hydrogen) atoms. The lowest BCUT2D eigenvalue weighted by Gasteiger charge is -2.09. The Morgan fingerprint density at radius 1 is 1.25 bits per heavy atom. The maximum atomic E-state index is 5.67. The smallest absolute Gasteiger partial charge is 0.0504 e. The van der Waals surface area contributed by atoms with Gasteiger partial charge in [0.15, 0.2) is 0 Å². The molecule has 0 unspecified atom stereocenters. The number of aryl methyl sites for hydroxylation is 1. The molecule has 3 nitrogen and oxygen atoms in total. The molecule has 0 spiro atoms. The zero-order chi connectivity index (χ0) is 11.4. The molecule has 0 saturated carbocycles. The van der Waals surface area contributed by atoms with Crippen LogP contribution in [0, 0.1) is 6.92 Å². The van der Waals surface area contributed by atoms with Crippen LogP contribution in [0.15, 0.2) is 42.7 Å². The molecular weight excluding hydrogens is 198 g/mol. The number of anilines is 2. The van der Waals surface area contributed by atoms with Gasteiger partial charge in [0.05, 0.1) is 5.69 Å². The van der Waals surface area contributed by atoms with Gasteiger partial charge >= 0.3 is 0 Å². The SMILES string of the molecule is Cc1ccccc1NCc1cncc(N)c1. The van der Waals surface area contributed by atoms with Crippen LogP contribution in [0.5, 0.6) is 0 Å². The number of nitrogens with one attached hydrogen (secondary N) is 1. The standard InChI is InChI=1S/C13H15N3/c1-10-4-2-3-5-13(10)16-8-11-6-12(14)9-15-7-11/h2-7,9,16H,8,14H2,1H3. The Labute approximate surface area is 95.3 Å². The number of hydrogen-bond donors (Lipinski definition) is 2. The third kappa shape index (κ3) is 2.51. The van der Waals surface area contributed by atoms with Gasteiger partial charge in [0.25, 0.3) is 0 Å². The maximum absolute atomic E-state index is 5.67. The second-order valence-corrected chi connectivity index (χ2v) is 3.79. The molecule has 0 aliphatic rings. The topological polar surface area (TPSA) is 50.9 Å². The summed E-state index contributed by atoms with van der Waals surface area (Å²) in [4.78, 5) is 4.05. The number of pyridine rings is 1. The van der Waals surface area contributed by atoms with Gasteiger partial charge in [-0.05, 0) is 30.2 Å². The van der Waals surface area contributed by atoms with E-state index in [4.69, 9.17) is 5.73 Å². The van der Waals surface area contributed by atoms with E-state index in [2.05, 4.69) is 29.4 Å². The van der Waals surface area contributed by atoms with E-state index < -0.39 is 0 Å². The molecule has 1 aromatic carbocycles. The van der Waals surface area contributed by atoms with Gasteiger partial charge in [-0.1, -0.05) is 18.2 Å². The van der Waals surface area contributed by atoms with Crippen molar-refractivity contribution in [3.05, 3.63) is 53.9 Å². The van der Waals surface area contributed by atoms with Crippen molar-refractivity contribution >= 4 is 11.4 Å². The Balaban J connectivity index is 2.05. The van der Waals surface area contributed by atoms with Gasteiger partial charge in [0.1, 0.15) is 0 Å².